The Bertz CT molecular complexity index is 642. The van der Waals surface area contributed by atoms with Crippen molar-refractivity contribution >= 4 is 11.9 Å². The standard InChI is InChI=1S/C19H24N2O4/c22-18(16-14-6-7-15(25-14)17(16)19(23)24)21-10-8-20(9-11-21)12-13-4-2-1-3-5-13/h1-5,14-17H,6-12H2,(H,23,24)/t14-,15-,16?,17?/m1/s1. The predicted octanol–water partition coefficient (Wildman–Crippen LogP) is 1.21. The maximum atomic E-state index is 12.9. The number of carboxylic acids is 1. The van der Waals surface area contributed by atoms with Crippen LogP contribution in [0.4, 0.5) is 0 Å². The van der Waals surface area contributed by atoms with Crippen LogP contribution in [0.5, 0.6) is 0 Å². The highest BCUT2D eigenvalue weighted by molar-refractivity contribution is 5.86. The number of hydrogen-bond donors (Lipinski definition) is 1. The molecule has 0 aliphatic carbocycles. The van der Waals surface area contributed by atoms with Gasteiger partial charge in [0.1, 0.15) is 0 Å². The molecule has 2 bridgehead atoms. The molecule has 3 fully saturated rings. The molecule has 1 aromatic carbocycles. The number of benzene rings is 1. The normalized spacial score (nSPS) is 32.1. The van der Waals surface area contributed by atoms with E-state index in [4.69, 9.17) is 4.74 Å². The summed E-state index contributed by atoms with van der Waals surface area (Å²) in [5.74, 6) is -2.10. The van der Waals surface area contributed by atoms with Crippen LogP contribution in [0.15, 0.2) is 30.3 Å². The Morgan fingerprint density at radius 2 is 1.64 bits per heavy atom. The van der Waals surface area contributed by atoms with Gasteiger partial charge in [0, 0.05) is 32.7 Å². The van der Waals surface area contributed by atoms with E-state index in [0.717, 1.165) is 32.5 Å². The monoisotopic (exact) mass is 344 g/mol. The van der Waals surface area contributed by atoms with Crippen molar-refractivity contribution in [1.29, 1.82) is 0 Å². The molecule has 0 saturated carbocycles. The van der Waals surface area contributed by atoms with Crippen LogP contribution >= 0.6 is 0 Å². The lowest BCUT2D eigenvalue weighted by Gasteiger charge is -2.37. The summed E-state index contributed by atoms with van der Waals surface area (Å²) in [4.78, 5) is 28.7. The summed E-state index contributed by atoms with van der Waals surface area (Å²) in [5, 5.41) is 9.50. The zero-order chi connectivity index (χ0) is 17.4. The molecule has 3 aliphatic rings. The SMILES string of the molecule is O=C(O)C1C(C(=O)N2CCN(Cc3ccccc3)CC2)[C@H]2CC[C@H]1O2. The number of carbonyl (C=O) groups excluding carboxylic acids is 1. The molecule has 25 heavy (non-hydrogen) atoms. The third kappa shape index (κ3) is 3.16. The fraction of sp³-hybridized carbons (Fsp3) is 0.579. The van der Waals surface area contributed by atoms with Crippen LogP contribution in [0.1, 0.15) is 18.4 Å². The van der Waals surface area contributed by atoms with E-state index in [2.05, 4.69) is 17.0 Å². The summed E-state index contributed by atoms with van der Waals surface area (Å²) in [5.41, 5.74) is 1.27. The van der Waals surface area contributed by atoms with Gasteiger partial charge in [-0.3, -0.25) is 14.5 Å². The second-order valence-corrected chi connectivity index (χ2v) is 7.27. The Kier molecular flexibility index (Phi) is 4.48. The molecule has 6 nitrogen and oxygen atoms in total. The number of amides is 1. The van der Waals surface area contributed by atoms with Gasteiger partial charge < -0.3 is 14.7 Å². The molecule has 0 spiro atoms. The summed E-state index contributed by atoms with van der Waals surface area (Å²) in [6.07, 6.45) is 1.08. The molecular weight excluding hydrogens is 320 g/mol. The number of fused-ring (bicyclic) bond motifs is 2. The van der Waals surface area contributed by atoms with Crippen molar-refractivity contribution in [3.05, 3.63) is 35.9 Å². The van der Waals surface area contributed by atoms with E-state index in [1.807, 2.05) is 23.1 Å². The summed E-state index contributed by atoms with van der Waals surface area (Å²) >= 11 is 0. The minimum Gasteiger partial charge on any atom is -0.481 e. The number of hydrogen-bond acceptors (Lipinski definition) is 4. The molecule has 0 aromatic heterocycles. The van der Waals surface area contributed by atoms with Gasteiger partial charge in [-0.25, -0.2) is 0 Å². The second-order valence-electron chi connectivity index (χ2n) is 7.27. The molecule has 134 valence electrons. The maximum Gasteiger partial charge on any atom is 0.310 e. The van der Waals surface area contributed by atoms with Crippen LogP contribution in [-0.4, -0.2) is 65.2 Å². The molecule has 6 heteroatoms. The average molecular weight is 344 g/mol. The van der Waals surface area contributed by atoms with E-state index in [-0.39, 0.29) is 18.1 Å². The molecule has 0 radical (unpaired) electrons. The molecule has 1 amide bonds. The zero-order valence-electron chi connectivity index (χ0n) is 14.2. The van der Waals surface area contributed by atoms with Crippen molar-refractivity contribution in [2.75, 3.05) is 26.2 Å². The van der Waals surface area contributed by atoms with Crippen LogP contribution in [0.2, 0.25) is 0 Å². The Labute approximate surface area is 147 Å². The third-order valence-corrected chi connectivity index (χ3v) is 5.78. The number of ether oxygens (including phenoxy) is 1. The lowest BCUT2D eigenvalue weighted by molar-refractivity contribution is -0.151. The molecule has 1 N–H and O–H groups in total. The lowest BCUT2D eigenvalue weighted by atomic mass is 9.78. The summed E-state index contributed by atoms with van der Waals surface area (Å²) in [6.45, 7) is 3.84. The number of rotatable bonds is 4. The summed E-state index contributed by atoms with van der Waals surface area (Å²) < 4.78 is 5.73. The minimum atomic E-state index is -0.895. The summed E-state index contributed by atoms with van der Waals surface area (Å²) in [7, 11) is 0. The quantitative estimate of drug-likeness (QED) is 0.889. The van der Waals surface area contributed by atoms with Gasteiger partial charge in [0.2, 0.25) is 5.91 Å². The predicted molar refractivity (Wildman–Crippen MR) is 90.8 cm³/mol. The first-order chi connectivity index (χ1) is 12.1. The molecule has 2 unspecified atom stereocenters. The van der Waals surface area contributed by atoms with Crippen molar-refractivity contribution in [1.82, 2.24) is 9.80 Å². The smallest absolute Gasteiger partial charge is 0.310 e. The van der Waals surface area contributed by atoms with Crippen molar-refractivity contribution < 1.29 is 19.4 Å². The van der Waals surface area contributed by atoms with E-state index in [0.29, 0.717) is 13.1 Å². The molecule has 3 saturated heterocycles. The van der Waals surface area contributed by atoms with Crippen molar-refractivity contribution in [2.45, 2.75) is 31.6 Å². The van der Waals surface area contributed by atoms with Crippen LogP contribution in [0.25, 0.3) is 0 Å². The van der Waals surface area contributed by atoms with Gasteiger partial charge in [-0.05, 0) is 18.4 Å². The highest BCUT2D eigenvalue weighted by Crippen LogP contribution is 2.44. The number of carbonyl (C=O) groups is 2. The minimum absolute atomic E-state index is 0.0287. The van der Waals surface area contributed by atoms with Crippen LogP contribution in [-0.2, 0) is 20.9 Å². The van der Waals surface area contributed by atoms with E-state index in [1.165, 1.54) is 5.56 Å². The van der Waals surface area contributed by atoms with Gasteiger partial charge in [0.25, 0.3) is 0 Å². The number of aliphatic carboxylic acids is 1. The molecule has 1 aromatic rings. The topological polar surface area (TPSA) is 70.1 Å². The van der Waals surface area contributed by atoms with Crippen molar-refractivity contribution in [2.24, 2.45) is 11.8 Å². The average Bonchev–Trinajstić information content (AvgIpc) is 3.24. The Balaban J connectivity index is 1.36. The second kappa shape index (κ2) is 6.77. The lowest BCUT2D eigenvalue weighted by Crippen LogP contribution is -2.53. The van der Waals surface area contributed by atoms with Crippen LogP contribution in [0, 0.1) is 11.8 Å². The van der Waals surface area contributed by atoms with E-state index >= 15 is 0 Å². The fourth-order valence-electron chi connectivity index (χ4n) is 4.48. The van der Waals surface area contributed by atoms with E-state index < -0.39 is 17.8 Å². The highest BCUT2D eigenvalue weighted by Gasteiger charge is 2.56. The van der Waals surface area contributed by atoms with Crippen LogP contribution < -0.4 is 0 Å². The number of carboxylic acid groups (broad SMARTS) is 1. The van der Waals surface area contributed by atoms with Gasteiger partial charge in [-0.15, -0.1) is 0 Å². The van der Waals surface area contributed by atoms with E-state index in [1.54, 1.807) is 0 Å². The number of nitrogens with zero attached hydrogens (tertiary/aromatic N) is 2. The third-order valence-electron chi connectivity index (χ3n) is 5.78. The van der Waals surface area contributed by atoms with Gasteiger partial charge in [-0.2, -0.15) is 0 Å². The Hall–Kier alpha value is -1.92. The van der Waals surface area contributed by atoms with Crippen molar-refractivity contribution in [3.8, 4) is 0 Å². The first-order valence-electron chi connectivity index (χ1n) is 9.07. The van der Waals surface area contributed by atoms with Crippen LogP contribution in [0.3, 0.4) is 0 Å². The Morgan fingerprint density at radius 1 is 1.00 bits per heavy atom. The maximum absolute atomic E-state index is 12.9. The highest BCUT2D eigenvalue weighted by atomic mass is 16.5. The molecule has 3 aliphatic heterocycles. The largest absolute Gasteiger partial charge is 0.481 e. The van der Waals surface area contributed by atoms with Crippen molar-refractivity contribution in [3.63, 3.8) is 0 Å². The fourth-order valence-corrected chi connectivity index (χ4v) is 4.48. The van der Waals surface area contributed by atoms with Gasteiger partial charge in [0.15, 0.2) is 0 Å². The Morgan fingerprint density at radius 3 is 2.28 bits per heavy atom. The molecular formula is C19H24N2O4. The first-order valence-corrected chi connectivity index (χ1v) is 9.07. The molecule has 4 rings (SSSR count). The molecule has 4 atom stereocenters. The van der Waals surface area contributed by atoms with Gasteiger partial charge >= 0.3 is 5.97 Å². The van der Waals surface area contributed by atoms with E-state index in [9.17, 15) is 14.7 Å². The zero-order valence-corrected chi connectivity index (χ0v) is 14.2. The molecule has 3 heterocycles. The first kappa shape index (κ1) is 16.5. The van der Waals surface area contributed by atoms with Gasteiger partial charge in [-0.1, -0.05) is 30.3 Å². The summed E-state index contributed by atoms with van der Waals surface area (Å²) in [6, 6.07) is 10.3. The van der Waals surface area contributed by atoms with Gasteiger partial charge in [0.05, 0.1) is 24.0 Å². The number of piperazine rings is 1.